The standard InChI is InChI=1S/C11H22N2O2/c1-8(7-11(14)15)13-6-4-3-5-10(13)9(2)12/h8-10H,3-7,12H2,1-2H3,(H,14,15). The van der Waals surface area contributed by atoms with E-state index in [1.54, 1.807) is 0 Å². The predicted molar refractivity (Wildman–Crippen MR) is 59.7 cm³/mol. The fourth-order valence-electron chi connectivity index (χ4n) is 2.46. The van der Waals surface area contributed by atoms with Crippen LogP contribution in [0.3, 0.4) is 0 Å². The highest BCUT2D eigenvalue weighted by Crippen LogP contribution is 2.22. The Morgan fingerprint density at radius 3 is 2.73 bits per heavy atom. The average molecular weight is 214 g/mol. The first-order valence-corrected chi connectivity index (χ1v) is 5.75. The smallest absolute Gasteiger partial charge is 0.304 e. The third-order valence-electron chi connectivity index (χ3n) is 3.24. The first kappa shape index (κ1) is 12.5. The number of nitrogens with two attached hydrogens (primary N) is 1. The normalized spacial score (nSPS) is 27.3. The molecule has 1 aliphatic rings. The second kappa shape index (κ2) is 5.47. The highest BCUT2D eigenvalue weighted by atomic mass is 16.4. The second-order valence-electron chi connectivity index (χ2n) is 4.61. The fraction of sp³-hybridized carbons (Fsp3) is 0.909. The number of carboxylic acids is 1. The molecular formula is C11H22N2O2. The maximum atomic E-state index is 10.7. The van der Waals surface area contributed by atoms with E-state index in [2.05, 4.69) is 4.90 Å². The highest BCUT2D eigenvalue weighted by molar-refractivity contribution is 5.67. The number of piperidine rings is 1. The number of aliphatic carboxylic acids is 1. The van der Waals surface area contributed by atoms with Crippen LogP contribution in [0.4, 0.5) is 0 Å². The minimum absolute atomic E-state index is 0.0961. The van der Waals surface area contributed by atoms with E-state index in [4.69, 9.17) is 10.8 Å². The predicted octanol–water partition coefficient (Wildman–Crippen LogP) is 1.05. The van der Waals surface area contributed by atoms with Crippen LogP contribution in [0.15, 0.2) is 0 Å². The molecule has 3 atom stereocenters. The van der Waals surface area contributed by atoms with Crippen molar-refractivity contribution in [1.82, 2.24) is 4.90 Å². The van der Waals surface area contributed by atoms with Gasteiger partial charge in [0.1, 0.15) is 0 Å². The maximum Gasteiger partial charge on any atom is 0.304 e. The summed E-state index contributed by atoms with van der Waals surface area (Å²) in [5.74, 6) is -0.725. The van der Waals surface area contributed by atoms with Crippen molar-refractivity contribution >= 4 is 5.97 Å². The van der Waals surface area contributed by atoms with Crippen LogP contribution >= 0.6 is 0 Å². The van der Waals surface area contributed by atoms with Crippen LogP contribution in [-0.2, 0) is 4.79 Å². The molecule has 1 aliphatic heterocycles. The number of nitrogens with zero attached hydrogens (tertiary/aromatic N) is 1. The Balaban J connectivity index is 2.58. The Bertz CT molecular complexity index is 219. The average Bonchev–Trinajstić information content (AvgIpc) is 2.16. The molecule has 0 spiro atoms. The lowest BCUT2D eigenvalue weighted by atomic mass is 9.94. The topological polar surface area (TPSA) is 66.6 Å². The molecule has 4 nitrogen and oxygen atoms in total. The zero-order chi connectivity index (χ0) is 11.4. The molecule has 1 rings (SSSR count). The van der Waals surface area contributed by atoms with E-state index >= 15 is 0 Å². The first-order valence-electron chi connectivity index (χ1n) is 5.75. The van der Waals surface area contributed by atoms with Crippen molar-refractivity contribution in [1.29, 1.82) is 0 Å². The molecule has 88 valence electrons. The van der Waals surface area contributed by atoms with Crippen molar-refractivity contribution in [3.05, 3.63) is 0 Å². The van der Waals surface area contributed by atoms with Gasteiger partial charge in [0.15, 0.2) is 0 Å². The van der Waals surface area contributed by atoms with Crippen LogP contribution in [0, 0.1) is 0 Å². The van der Waals surface area contributed by atoms with Crippen molar-refractivity contribution in [2.24, 2.45) is 5.73 Å². The number of carbonyl (C=O) groups is 1. The van der Waals surface area contributed by atoms with E-state index in [1.807, 2.05) is 13.8 Å². The molecule has 0 aromatic rings. The highest BCUT2D eigenvalue weighted by Gasteiger charge is 2.29. The molecule has 0 amide bonds. The van der Waals surface area contributed by atoms with Crippen LogP contribution in [-0.4, -0.2) is 40.6 Å². The van der Waals surface area contributed by atoms with E-state index in [1.165, 1.54) is 6.42 Å². The second-order valence-corrected chi connectivity index (χ2v) is 4.61. The van der Waals surface area contributed by atoms with E-state index in [-0.39, 0.29) is 18.5 Å². The van der Waals surface area contributed by atoms with Gasteiger partial charge in [0, 0.05) is 18.1 Å². The summed E-state index contributed by atoms with van der Waals surface area (Å²) in [6.45, 7) is 4.98. The molecule has 1 fully saturated rings. The number of likely N-dealkylation sites (tertiary alicyclic amines) is 1. The SMILES string of the molecule is CC(N)C1CCCCN1C(C)CC(=O)O. The minimum atomic E-state index is -0.725. The van der Waals surface area contributed by atoms with Gasteiger partial charge in [-0.05, 0) is 33.2 Å². The summed E-state index contributed by atoms with van der Waals surface area (Å²) in [7, 11) is 0. The van der Waals surface area contributed by atoms with Crippen LogP contribution < -0.4 is 5.73 Å². The first-order chi connectivity index (χ1) is 7.02. The largest absolute Gasteiger partial charge is 0.481 e. The summed E-state index contributed by atoms with van der Waals surface area (Å²) in [5.41, 5.74) is 5.94. The summed E-state index contributed by atoms with van der Waals surface area (Å²) >= 11 is 0. The van der Waals surface area contributed by atoms with Gasteiger partial charge >= 0.3 is 5.97 Å². The van der Waals surface area contributed by atoms with Crippen molar-refractivity contribution < 1.29 is 9.90 Å². The van der Waals surface area contributed by atoms with Crippen molar-refractivity contribution in [2.75, 3.05) is 6.54 Å². The van der Waals surface area contributed by atoms with Gasteiger partial charge in [-0.2, -0.15) is 0 Å². The number of hydrogen-bond acceptors (Lipinski definition) is 3. The zero-order valence-corrected chi connectivity index (χ0v) is 9.65. The minimum Gasteiger partial charge on any atom is -0.481 e. The van der Waals surface area contributed by atoms with E-state index in [0.29, 0.717) is 6.04 Å². The Labute approximate surface area is 91.4 Å². The van der Waals surface area contributed by atoms with Crippen LogP contribution in [0.5, 0.6) is 0 Å². The number of rotatable bonds is 4. The van der Waals surface area contributed by atoms with E-state index in [9.17, 15) is 4.79 Å². The Morgan fingerprint density at radius 2 is 2.20 bits per heavy atom. The number of hydrogen-bond donors (Lipinski definition) is 2. The molecule has 0 saturated carbocycles. The lowest BCUT2D eigenvalue weighted by molar-refractivity contribution is -0.138. The van der Waals surface area contributed by atoms with Crippen LogP contribution in [0.1, 0.15) is 39.5 Å². The molecular weight excluding hydrogens is 192 g/mol. The lowest BCUT2D eigenvalue weighted by Gasteiger charge is -2.41. The molecule has 4 heteroatoms. The molecule has 15 heavy (non-hydrogen) atoms. The van der Waals surface area contributed by atoms with Crippen LogP contribution in [0.2, 0.25) is 0 Å². The Kier molecular flexibility index (Phi) is 4.54. The van der Waals surface area contributed by atoms with Gasteiger partial charge < -0.3 is 10.8 Å². The van der Waals surface area contributed by atoms with Crippen molar-refractivity contribution in [3.63, 3.8) is 0 Å². The number of carboxylic acid groups (broad SMARTS) is 1. The Hall–Kier alpha value is -0.610. The quantitative estimate of drug-likeness (QED) is 0.734. The molecule has 1 saturated heterocycles. The van der Waals surface area contributed by atoms with Gasteiger partial charge in [-0.1, -0.05) is 6.42 Å². The molecule has 3 N–H and O–H groups in total. The Morgan fingerprint density at radius 1 is 1.53 bits per heavy atom. The van der Waals surface area contributed by atoms with Crippen LogP contribution in [0.25, 0.3) is 0 Å². The molecule has 0 radical (unpaired) electrons. The molecule has 0 aromatic carbocycles. The molecule has 3 unspecified atom stereocenters. The summed E-state index contributed by atoms with van der Waals surface area (Å²) in [4.78, 5) is 12.9. The summed E-state index contributed by atoms with van der Waals surface area (Å²) in [6.07, 6.45) is 3.68. The van der Waals surface area contributed by atoms with Gasteiger partial charge in [-0.3, -0.25) is 9.69 Å². The monoisotopic (exact) mass is 214 g/mol. The fourth-order valence-corrected chi connectivity index (χ4v) is 2.46. The third-order valence-corrected chi connectivity index (χ3v) is 3.24. The van der Waals surface area contributed by atoms with E-state index < -0.39 is 5.97 Å². The van der Waals surface area contributed by atoms with Gasteiger partial charge in [0.05, 0.1) is 6.42 Å². The van der Waals surface area contributed by atoms with Gasteiger partial charge in [-0.25, -0.2) is 0 Å². The summed E-state index contributed by atoms with van der Waals surface area (Å²) in [5, 5.41) is 8.78. The molecule has 1 heterocycles. The lowest BCUT2D eigenvalue weighted by Crippen LogP contribution is -2.53. The van der Waals surface area contributed by atoms with Gasteiger partial charge in [0.2, 0.25) is 0 Å². The zero-order valence-electron chi connectivity index (χ0n) is 9.65. The molecule has 0 aromatic heterocycles. The van der Waals surface area contributed by atoms with Gasteiger partial charge in [-0.15, -0.1) is 0 Å². The molecule has 0 bridgehead atoms. The van der Waals surface area contributed by atoms with Gasteiger partial charge in [0.25, 0.3) is 0 Å². The third kappa shape index (κ3) is 3.47. The summed E-state index contributed by atoms with van der Waals surface area (Å²) in [6, 6.07) is 0.577. The summed E-state index contributed by atoms with van der Waals surface area (Å²) < 4.78 is 0. The van der Waals surface area contributed by atoms with E-state index in [0.717, 1.165) is 19.4 Å². The van der Waals surface area contributed by atoms with Crippen molar-refractivity contribution in [2.45, 2.75) is 57.7 Å². The van der Waals surface area contributed by atoms with Crippen molar-refractivity contribution in [3.8, 4) is 0 Å². The molecule has 0 aliphatic carbocycles. The maximum absolute atomic E-state index is 10.7.